The number of carboxylic acids is 1. The van der Waals surface area contributed by atoms with Crippen molar-refractivity contribution in [2.45, 2.75) is 6.36 Å². The third-order valence-electron chi connectivity index (χ3n) is 2.47. The second kappa shape index (κ2) is 4.51. The summed E-state index contributed by atoms with van der Waals surface area (Å²) in [5, 5.41) is 8.63. The topological polar surface area (TPSA) is 83.9 Å². The fourth-order valence-electron chi connectivity index (χ4n) is 1.77. The lowest BCUT2D eigenvalue weighted by Gasteiger charge is -2.14. The van der Waals surface area contributed by atoms with Gasteiger partial charge in [0, 0.05) is 0 Å². The van der Waals surface area contributed by atoms with E-state index in [9.17, 15) is 27.6 Å². The highest BCUT2D eigenvalue weighted by Crippen LogP contribution is 2.33. The lowest BCUT2D eigenvalue weighted by Crippen LogP contribution is -2.34. The molecule has 0 saturated heterocycles. The largest absolute Gasteiger partial charge is 0.573 e. The molecule has 0 saturated carbocycles. The minimum Gasteiger partial charge on any atom is -0.480 e. The molecule has 1 aliphatic heterocycles. The van der Waals surface area contributed by atoms with Crippen LogP contribution in [0, 0.1) is 0 Å². The number of hydrogen-bond donors (Lipinski definition) is 1. The maximum atomic E-state index is 12.1. The fourth-order valence-corrected chi connectivity index (χ4v) is 1.77. The Bertz CT molecular complexity index is 611. The molecule has 0 unspecified atom stereocenters. The second-order valence-corrected chi connectivity index (χ2v) is 3.84. The van der Waals surface area contributed by atoms with Crippen LogP contribution in [0.1, 0.15) is 10.4 Å². The van der Waals surface area contributed by atoms with Crippen molar-refractivity contribution in [1.29, 1.82) is 0 Å². The van der Waals surface area contributed by atoms with Crippen LogP contribution in [0.5, 0.6) is 5.75 Å². The number of carbonyl (C=O) groups is 3. The lowest BCUT2D eigenvalue weighted by molar-refractivity contribution is -0.274. The molecular formula is C11H6F3NO5. The first-order valence-corrected chi connectivity index (χ1v) is 5.17. The third kappa shape index (κ3) is 2.56. The predicted molar refractivity (Wildman–Crippen MR) is 57.4 cm³/mol. The highest BCUT2D eigenvalue weighted by Gasteiger charge is 2.38. The zero-order chi connectivity index (χ0) is 15.1. The smallest absolute Gasteiger partial charge is 0.480 e. The second-order valence-electron chi connectivity index (χ2n) is 3.84. The van der Waals surface area contributed by atoms with Crippen LogP contribution in [-0.4, -0.2) is 35.7 Å². The van der Waals surface area contributed by atoms with E-state index in [-0.39, 0.29) is 11.3 Å². The van der Waals surface area contributed by atoms with E-state index in [4.69, 9.17) is 5.11 Å². The quantitative estimate of drug-likeness (QED) is 0.845. The molecule has 0 radical (unpaired) electrons. The highest BCUT2D eigenvalue weighted by atomic mass is 19.4. The van der Waals surface area contributed by atoms with Crippen LogP contribution in [0.15, 0.2) is 18.2 Å². The number of rotatable bonds is 3. The number of benzene rings is 1. The van der Waals surface area contributed by atoms with E-state index < -0.39 is 36.3 Å². The Morgan fingerprint density at radius 3 is 2.50 bits per heavy atom. The van der Waals surface area contributed by atoms with Crippen molar-refractivity contribution in [3.8, 4) is 5.75 Å². The third-order valence-corrected chi connectivity index (χ3v) is 2.47. The summed E-state index contributed by atoms with van der Waals surface area (Å²) in [7, 11) is 0. The Morgan fingerprint density at radius 1 is 1.30 bits per heavy atom. The van der Waals surface area contributed by atoms with Crippen molar-refractivity contribution in [2.75, 3.05) is 11.4 Å². The number of hydrogen-bond acceptors (Lipinski definition) is 4. The van der Waals surface area contributed by atoms with Crippen LogP contribution in [0.25, 0.3) is 0 Å². The number of Topliss-reactive ketones (excluding diaryl/α,β-unsaturated/α-hetero) is 1. The van der Waals surface area contributed by atoms with Gasteiger partial charge in [0.25, 0.3) is 11.7 Å². The van der Waals surface area contributed by atoms with Crippen LogP contribution in [0.2, 0.25) is 0 Å². The van der Waals surface area contributed by atoms with E-state index in [2.05, 4.69) is 4.74 Å². The van der Waals surface area contributed by atoms with Crippen molar-refractivity contribution < 1.29 is 37.4 Å². The van der Waals surface area contributed by atoms with Crippen molar-refractivity contribution in [2.24, 2.45) is 0 Å². The molecule has 1 amide bonds. The average molecular weight is 289 g/mol. The zero-order valence-electron chi connectivity index (χ0n) is 9.60. The molecule has 106 valence electrons. The normalized spacial score (nSPS) is 14.4. The van der Waals surface area contributed by atoms with Gasteiger partial charge in [0.2, 0.25) is 0 Å². The minimum atomic E-state index is -4.93. The van der Waals surface area contributed by atoms with Gasteiger partial charge in [-0.1, -0.05) is 0 Å². The molecule has 6 nitrogen and oxygen atoms in total. The van der Waals surface area contributed by atoms with Gasteiger partial charge in [-0.25, -0.2) is 0 Å². The summed E-state index contributed by atoms with van der Waals surface area (Å²) in [5.41, 5.74) is -0.380. The number of ketones is 1. The van der Waals surface area contributed by atoms with Crippen LogP contribution in [-0.2, 0) is 9.59 Å². The molecule has 1 aliphatic rings. The standard InChI is InChI=1S/C11H6F3NO5/c12-11(13,14)20-5-1-2-7-6(3-5)9(18)10(19)15(7)4-8(16)17/h1-3H,4H2,(H,16,17). The molecule has 0 atom stereocenters. The van der Waals surface area contributed by atoms with Gasteiger partial charge in [-0.3, -0.25) is 19.3 Å². The molecule has 0 aliphatic carbocycles. The number of alkyl halides is 3. The summed E-state index contributed by atoms with van der Waals surface area (Å²) in [5.74, 6) is -4.19. The molecule has 9 heteroatoms. The molecule has 20 heavy (non-hydrogen) atoms. The Balaban J connectivity index is 2.38. The molecule has 1 N–H and O–H groups in total. The van der Waals surface area contributed by atoms with E-state index in [1.165, 1.54) is 0 Å². The van der Waals surface area contributed by atoms with Crippen LogP contribution < -0.4 is 9.64 Å². The Kier molecular flexibility index (Phi) is 3.12. The summed E-state index contributed by atoms with van der Waals surface area (Å²) < 4.78 is 39.8. The minimum absolute atomic E-state index is 0.0584. The first kappa shape index (κ1) is 13.8. The number of fused-ring (bicyclic) bond motifs is 1. The molecule has 1 heterocycles. The Morgan fingerprint density at radius 2 is 1.95 bits per heavy atom. The molecule has 0 aromatic heterocycles. The Labute approximate surface area is 109 Å². The number of halogens is 3. The van der Waals surface area contributed by atoms with Gasteiger partial charge in [0.1, 0.15) is 12.3 Å². The van der Waals surface area contributed by atoms with E-state index in [0.29, 0.717) is 4.90 Å². The first-order valence-electron chi connectivity index (χ1n) is 5.17. The van der Waals surface area contributed by atoms with Crippen LogP contribution in [0.4, 0.5) is 18.9 Å². The molecule has 0 bridgehead atoms. The van der Waals surface area contributed by atoms with E-state index >= 15 is 0 Å². The van der Waals surface area contributed by atoms with Gasteiger partial charge in [0.15, 0.2) is 0 Å². The summed E-state index contributed by atoms with van der Waals surface area (Å²) in [6, 6.07) is 2.68. The Hall–Kier alpha value is -2.58. The zero-order valence-corrected chi connectivity index (χ0v) is 9.60. The number of ether oxygens (including phenoxy) is 1. The molecular weight excluding hydrogens is 283 g/mol. The monoisotopic (exact) mass is 289 g/mol. The maximum absolute atomic E-state index is 12.1. The fraction of sp³-hybridized carbons (Fsp3) is 0.182. The number of amides is 1. The van der Waals surface area contributed by atoms with Gasteiger partial charge in [-0.05, 0) is 18.2 Å². The number of aliphatic carboxylic acids is 1. The van der Waals surface area contributed by atoms with Crippen molar-refractivity contribution >= 4 is 23.3 Å². The van der Waals surface area contributed by atoms with Gasteiger partial charge in [0.05, 0.1) is 11.3 Å². The molecule has 0 fully saturated rings. The number of anilines is 1. The number of carboxylic acid groups (broad SMARTS) is 1. The molecule has 1 aromatic carbocycles. The number of nitrogens with zero attached hydrogens (tertiary/aromatic N) is 1. The van der Waals surface area contributed by atoms with E-state index in [1.54, 1.807) is 0 Å². The summed E-state index contributed by atoms with van der Waals surface area (Å²) in [6.07, 6.45) is -4.93. The summed E-state index contributed by atoms with van der Waals surface area (Å²) in [4.78, 5) is 34.4. The average Bonchev–Trinajstić information content (AvgIpc) is 2.52. The van der Waals surface area contributed by atoms with Crippen molar-refractivity contribution in [1.82, 2.24) is 0 Å². The molecule has 1 aromatic rings. The maximum Gasteiger partial charge on any atom is 0.573 e. The lowest BCUT2D eigenvalue weighted by atomic mass is 10.1. The predicted octanol–water partition coefficient (Wildman–Crippen LogP) is 1.20. The van der Waals surface area contributed by atoms with Crippen LogP contribution in [0.3, 0.4) is 0 Å². The van der Waals surface area contributed by atoms with Gasteiger partial charge < -0.3 is 9.84 Å². The highest BCUT2D eigenvalue weighted by molar-refractivity contribution is 6.52. The van der Waals surface area contributed by atoms with Gasteiger partial charge >= 0.3 is 12.3 Å². The molecule has 0 spiro atoms. The molecule has 2 rings (SSSR count). The SMILES string of the molecule is O=C(O)CN1C(=O)C(=O)c2cc(OC(F)(F)F)ccc21. The van der Waals surface area contributed by atoms with Gasteiger partial charge in [-0.15, -0.1) is 13.2 Å². The van der Waals surface area contributed by atoms with Gasteiger partial charge in [-0.2, -0.15) is 0 Å². The number of carbonyl (C=O) groups excluding carboxylic acids is 2. The van der Waals surface area contributed by atoms with Crippen LogP contribution >= 0.6 is 0 Å². The summed E-state index contributed by atoms with van der Waals surface area (Å²) in [6.45, 7) is -0.753. The van der Waals surface area contributed by atoms with E-state index in [1.807, 2.05) is 0 Å². The summed E-state index contributed by atoms with van der Waals surface area (Å²) >= 11 is 0. The van der Waals surface area contributed by atoms with E-state index in [0.717, 1.165) is 18.2 Å². The van der Waals surface area contributed by atoms with Crippen molar-refractivity contribution in [3.63, 3.8) is 0 Å². The van der Waals surface area contributed by atoms with Crippen molar-refractivity contribution in [3.05, 3.63) is 23.8 Å². The first-order chi connectivity index (χ1) is 9.19.